The van der Waals surface area contributed by atoms with E-state index in [4.69, 9.17) is 11.1 Å². The Morgan fingerprint density at radius 1 is 1.35 bits per heavy atom. The van der Waals surface area contributed by atoms with Gasteiger partial charge in [-0.15, -0.1) is 0 Å². The molecule has 3 N–H and O–H groups in total. The molecular formula is C14H21N3. The van der Waals surface area contributed by atoms with Gasteiger partial charge in [-0.2, -0.15) is 0 Å². The van der Waals surface area contributed by atoms with Gasteiger partial charge < -0.3 is 5.73 Å². The third kappa shape index (κ3) is 3.86. The summed E-state index contributed by atoms with van der Waals surface area (Å²) in [6, 6.07) is 9.42. The molecule has 0 atom stereocenters. The summed E-state index contributed by atoms with van der Waals surface area (Å²) in [6.45, 7) is 4.00. The molecule has 0 heterocycles. The first kappa shape index (κ1) is 12.1. The lowest BCUT2D eigenvalue weighted by molar-refractivity contribution is 0.262. The van der Waals surface area contributed by atoms with Crippen LogP contribution in [0.2, 0.25) is 0 Å². The molecule has 0 amide bonds. The second-order valence-electron chi connectivity index (χ2n) is 4.96. The van der Waals surface area contributed by atoms with Crippen LogP contribution in [0.4, 0.5) is 0 Å². The predicted octanol–water partition coefficient (Wildman–Crippen LogP) is 2.29. The van der Waals surface area contributed by atoms with Gasteiger partial charge in [-0.05, 0) is 25.3 Å². The van der Waals surface area contributed by atoms with E-state index in [9.17, 15) is 0 Å². The van der Waals surface area contributed by atoms with Crippen molar-refractivity contribution >= 4 is 5.84 Å². The Hall–Kier alpha value is -1.35. The highest BCUT2D eigenvalue weighted by atomic mass is 15.2. The monoisotopic (exact) mass is 231 g/mol. The maximum Gasteiger partial charge on any atom is 0.0918 e. The van der Waals surface area contributed by atoms with Crippen molar-refractivity contribution in [2.75, 3.05) is 6.54 Å². The first-order valence-electron chi connectivity index (χ1n) is 6.27. The Kier molecular flexibility index (Phi) is 3.79. The van der Waals surface area contributed by atoms with E-state index in [2.05, 4.69) is 36.1 Å². The number of benzene rings is 1. The minimum absolute atomic E-state index is 0.291. The number of hydrogen-bond donors (Lipinski definition) is 2. The van der Waals surface area contributed by atoms with E-state index in [1.807, 2.05) is 0 Å². The Morgan fingerprint density at radius 3 is 2.53 bits per heavy atom. The van der Waals surface area contributed by atoms with Gasteiger partial charge in [-0.25, -0.2) is 0 Å². The summed E-state index contributed by atoms with van der Waals surface area (Å²) in [5.74, 6) is 0.291. The van der Waals surface area contributed by atoms with Crippen LogP contribution >= 0.6 is 0 Å². The maximum absolute atomic E-state index is 7.31. The standard InChI is InChI=1S/C14H21N3/c1-11-2-4-12(5-3-11)10-17(13-6-7-13)9-8-14(15)16/h2-5,13H,6-10H2,1H3,(H3,15,16). The van der Waals surface area contributed by atoms with E-state index >= 15 is 0 Å². The number of aryl methyl sites for hydroxylation is 1. The van der Waals surface area contributed by atoms with Crippen LogP contribution in [-0.2, 0) is 6.54 Å². The molecule has 3 nitrogen and oxygen atoms in total. The molecule has 1 fully saturated rings. The van der Waals surface area contributed by atoms with Crippen LogP contribution in [0, 0.1) is 12.3 Å². The third-order valence-electron chi connectivity index (χ3n) is 3.24. The Balaban J connectivity index is 1.92. The number of nitrogens with zero attached hydrogens (tertiary/aromatic N) is 1. The van der Waals surface area contributed by atoms with E-state index in [1.165, 1.54) is 24.0 Å². The summed E-state index contributed by atoms with van der Waals surface area (Å²) >= 11 is 0. The maximum atomic E-state index is 7.31. The molecule has 1 aliphatic carbocycles. The fraction of sp³-hybridized carbons (Fsp3) is 0.500. The number of rotatable bonds is 6. The first-order chi connectivity index (χ1) is 8.15. The summed E-state index contributed by atoms with van der Waals surface area (Å²) < 4.78 is 0. The van der Waals surface area contributed by atoms with Gasteiger partial charge >= 0.3 is 0 Å². The molecule has 0 aromatic heterocycles. The molecule has 0 aliphatic heterocycles. The average molecular weight is 231 g/mol. The van der Waals surface area contributed by atoms with Gasteiger partial charge in [0.1, 0.15) is 0 Å². The second kappa shape index (κ2) is 5.32. The van der Waals surface area contributed by atoms with Crippen LogP contribution in [-0.4, -0.2) is 23.3 Å². The molecule has 1 aliphatic rings. The van der Waals surface area contributed by atoms with Crippen molar-refractivity contribution in [2.24, 2.45) is 5.73 Å². The SMILES string of the molecule is Cc1ccc(CN(CCC(=N)N)C2CC2)cc1. The highest BCUT2D eigenvalue weighted by molar-refractivity contribution is 5.76. The Labute approximate surface area is 103 Å². The highest BCUT2D eigenvalue weighted by Crippen LogP contribution is 2.28. The molecule has 3 heteroatoms. The fourth-order valence-electron chi connectivity index (χ4n) is 2.02. The van der Waals surface area contributed by atoms with Gasteiger partial charge in [0.05, 0.1) is 5.84 Å². The van der Waals surface area contributed by atoms with Crippen LogP contribution in [0.5, 0.6) is 0 Å². The van der Waals surface area contributed by atoms with Crippen molar-refractivity contribution in [3.05, 3.63) is 35.4 Å². The van der Waals surface area contributed by atoms with Gasteiger partial charge in [0.15, 0.2) is 0 Å². The van der Waals surface area contributed by atoms with E-state index in [0.29, 0.717) is 12.3 Å². The predicted molar refractivity (Wildman–Crippen MR) is 71.1 cm³/mol. The minimum atomic E-state index is 0.291. The van der Waals surface area contributed by atoms with Gasteiger partial charge in [-0.3, -0.25) is 10.3 Å². The lowest BCUT2D eigenvalue weighted by Crippen LogP contribution is -2.29. The van der Waals surface area contributed by atoms with E-state index in [1.54, 1.807) is 0 Å². The lowest BCUT2D eigenvalue weighted by atomic mass is 10.1. The van der Waals surface area contributed by atoms with Crippen LogP contribution in [0.25, 0.3) is 0 Å². The molecule has 0 radical (unpaired) electrons. The zero-order chi connectivity index (χ0) is 12.3. The Bertz CT molecular complexity index is 379. The van der Waals surface area contributed by atoms with Crippen molar-refractivity contribution in [1.29, 1.82) is 5.41 Å². The fourth-order valence-corrected chi connectivity index (χ4v) is 2.02. The molecule has 0 saturated heterocycles. The zero-order valence-electron chi connectivity index (χ0n) is 10.4. The molecule has 0 bridgehead atoms. The average Bonchev–Trinajstić information content (AvgIpc) is 3.10. The second-order valence-corrected chi connectivity index (χ2v) is 4.96. The normalized spacial score (nSPS) is 15.2. The smallest absolute Gasteiger partial charge is 0.0918 e. The Morgan fingerprint density at radius 2 is 2.00 bits per heavy atom. The van der Waals surface area contributed by atoms with E-state index in [0.717, 1.165) is 19.1 Å². The summed E-state index contributed by atoms with van der Waals surface area (Å²) in [7, 11) is 0. The first-order valence-corrected chi connectivity index (χ1v) is 6.27. The quantitative estimate of drug-likeness (QED) is 0.583. The molecule has 17 heavy (non-hydrogen) atoms. The number of nitrogens with two attached hydrogens (primary N) is 1. The largest absolute Gasteiger partial charge is 0.388 e. The van der Waals surface area contributed by atoms with Crippen LogP contribution in [0.3, 0.4) is 0 Å². The van der Waals surface area contributed by atoms with Crippen LogP contribution < -0.4 is 5.73 Å². The van der Waals surface area contributed by atoms with Crippen molar-refractivity contribution < 1.29 is 0 Å². The van der Waals surface area contributed by atoms with Gasteiger partial charge in [0.2, 0.25) is 0 Å². The number of nitrogens with one attached hydrogen (secondary N) is 1. The molecule has 92 valence electrons. The van der Waals surface area contributed by atoms with Gasteiger partial charge in [0.25, 0.3) is 0 Å². The molecule has 1 saturated carbocycles. The molecule has 2 rings (SSSR count). The van der Waals surface area contributed by atoms with Gasteiger partial charge in [0, 0.05) is 25.6 Å². The van der Waals surface area contributed by atoms with E-state index < -0.39 is 0 Å². The summed E-state index contributed by atoms with van der Waals surface area (Å²) in [6.07, 6.45) is 3.27. The topological polar surface area (TPSA) is 53.1 Å². The summed E-state index contributed by atoms with van der Waals surface area (Å²) in [4.78, 5) is 2.45. The highest BCUT2D eigenvalue weighted by Gasteiger charge is 2.28. The van der Waals surface area contributed by atoms with Crippen molar-refractivity contribution in [1.82, 2.24) is 4.90 Å². The zero-order valence-corrected chi connectivity index (χ0v) is 10.4. The summed E-state index contributed by atoms with van der Waals surface area (Å²) in [5, 5.41) is 7.31. The molecule has 0 unspecified atom stereocenters. The minimum Gasteiger partial charge on any atom is -0.388 e. The van der Waals surface area contributed by atoms with Crippen LogP contribution in [0.1, 0.15) is 30.4 Å². The molecule has 0 spiro atoms. The number of amidine groups is 1. The van der Waals surface area contributed by atoms with Crippen LogP contribution in [0.15, 0.2) is 24.3 Å². The number of hydrogen-bond acceptors (Lipinski definition) is 2. The molecule has 1 aromatic carbocycles. The van der Waals surface area contributed by atoms with Gasteiger partial charge in [-0.1, -0.05) is 29.8 Å². The lowest BCUT2D eigenvalue weighted by Gasteiger charge is -2.21. The van der Waals surface area contributed by atoms with Crippen molar-refractivity contribution in [3.63, 3.8) is 0 Å². The molecular weight excluding hydrogens is 210 g/mol. The summed E-state index contributed by atoms with van der Waals surface area (Å²) in [5.41, 5.74) is 8.09. The van der Waals surface area contributed by atoms with Crippen molar-refractivity contribution in [3.8, 4) is 0 Å². The van der Waals surface area contributed by atoms with E-state index in [-0.39, 0.29) is 0 Å². The molecule has 1 aromatic rings. The third-order valence-corrected chi connectivity index (χ3v) is 3.24. The van der Waals surface area contributed by atoms with Crippen molar-refractivity contribution in [2.45, 2.75) is 38.8 Å².